The Balaban J connectivity index is 3.27. The Kier molecular flexibility index (Phi) is 5.11. The first kappa shape index (κ1) is 16.7. The molecule has 9 nitrogen and oxygen atoms in total. The molecule has 0 bridgehead atoms. The van der Waals surface area contributed by atoms with Crippen LogP contribution in [0.15, 0.2) is 23.1 Å². The average molecular weight is 316 g/mol. The van der Waals surface area contributed by atoms with E-state index in [1.54, 1.807) is 0 Å². The molecule has 0 aliphatic carbocycles. The highest BCUT2D eigenvalue weighted by molar-refractivity contribution is 7.89. The lowest BCUT2D eigenvalue weighted by molar-refractivity contribution is -0.120. The van der Waals surface area contributed by atoms with Crippen LogP contribution in [0.25, 0.3) is 0 Å². The van der Waals surface area contributed by atoms with E-state index < -0.39 is 34.9 Å². The fourth-order valence-corrected chi connectivity index (χ4v) is 3.07. The fourth-order valence-electron chi connectivity index (χ4n) is 1.60. The van der Waals surface area contributed by atoms with Crippen LogP contribution in [0.4, 0.5) is 5.69 Å². The molecule has 0 aromatic heterocycles. The van der Waals surface area contributed by atoms with Crippen molar-refractivity contribution in [3.8, 4) is 5.75 Å². The van der Waals surface area contributed by atoms with Gasteiger partial charge in [-0.25, -0.2) is 8.42 Å². The number of ether oxygens (including phenoxy) is 1. The molecule has 21 heavy (non-hydrogen) atoms. The molecule has 0 aliphatic heterocycles. The van der Waals surface area contributed by atoms with Gasteiger partial charge in [0.25, 0.3) is 0 Å². The Labute approximate surface area is 121 Å². The number of methoxy groups -OCH3 is 1. The molecule has 0 unspecified atom stereocenters. The van der Waals surface area contributed by atoms with Crippen LogP contribution in [0.5, 0.6) is 5.75 Å². The van der Waals surface area contributed by atoms with Gasteiger partial charge < -0.3 is 21.9 Å². The molecular weight excluding hydrogens is 300 g/mol. The summed E-state index contributed by atoms with van der Waals surface area (Å²) in [6.45, 7) is -1.37. The van der Waals surface area contributed by atoms with Gasteiger partial charge in [-0.3, -0.25) is 9.59 Å². The summed E-state index contributed by atoms with van der Waals surface area (Å²) in [7, 11) is -2.80. The van der Waals surface area contributed by atoms with Crippen molar-refractivity contribution >= 4 is 27.5 Å². The van der Waals surface area contributed by atoms with Crippen LogP contribution in [0, 0.1) is 0 Å². The number of anilines is 1. The Bertz CT molecular complexity index is 643. The number of primary amides is 2. The third kappa shape index (κ3) is 4.07. The van der Waals surface area contributed by atoms with Crippen molar-refractivity contribution in [3.63, 3.8) is 0 Å². The van der Waals surface area contributed by atoms with Gasteiger partial charge in [-0.15, -0.1) is 0 Å². The van der Waals surface area contributed by atoms with Crippen molar-refractivity contribution < 1.29 is 22.7 Å². The van der Waals surface area contributed by atoms with Crippen LogP contribution in [0.1, 0.15) is 0 Å². The summed E-state index contributed by atoms with van der Waals surface area (Å²) in [6.07, 6.45) is 0. The molecule has 0 spiro atoms. The smallest absolute Gasteiger partial charge is 0.246 e. The van der Waals surface area contributed by atoms with Crippen molar-refractivity contribution in [2.45, 2.75) is 4.90 Å². The summed E-state index contributed by atoms with van der Waals surface area (Å²) in [6, 6.07) is 3.90. The maximum absolute atomic E-state index is 12.4. The molecule has 0 heterocycles. The number of carbonyl (C=O) groups is 2. The zero-order valence-corrected chi connectivity index (χ0v) is 12.1. The quantitative estimate of drug-likeness (QED) is 0.505. The summed E-state index contributed by atoms with van der Waals surface area (Å²) in [4.78, 5) is 21.7. The first-order chi connectivity index (χ1) is 9.68. The lowest BCUT2D eigenvalue weighted by Crippen LogP contribution is -2.43. The lowest BCUT2D eigenvalue weighted by atomic mass is 10.3. The second-order valence-corrected chi connectivity index (χ2v) is 6.02. The maximum Gasteiger partial charge on any atom is 0.246 e. The number of amides is 2. The molecule has 0 radical (unpaired) electrons. The van der Waals surface area contributed by atoms with Gasteiger partial charge in [-0.05, 0) is 12.1 Å². The van der Waals surface area contributed by atoms with Gasteiger partial charge in [0.05, 0.1) is 25.9 Å². The molecule has 10 heteroatoms. The van der Waals surface area contributed by atoms with Crippen molar-refractivity contribution in [1.29, 1.82) is 0 Å². The molecule has 116 valence electrons. The normalized spacial score (nSPS) is 11.3. The number of nitrogen functional groups attached to an aromatic ring is 1. The Morgan fingerprint density at radius 1 is 1.19 bits per heavy atom. The topological polar surface area (TPSA) is 159 Å². The number of hydrogen-bond acceptors (Lipinski definition) is 6. The predicted molar refractivity (Wildman–Crippen MR) is 74.6 cm³/mol. The molecule has 1 aromatic rings. The van der Waals surface area contributed by atoms with Crippen molar-refractivity contribution in [3.05, 3.63) is 18.2 Å². The first-order valence-electron chi connectivity index (χ1n) is 5.68. The zero-order chi connectivity index (χ0) is 16.2. The molecule has 0 atom stereocenters. The van der Waals surface area contributed by atoms with E-state index in [4.69, 9.17) is 21.9 Å². The monoisotopic (exact) mass is 316 g/mol. The number of nitrogens with two attached hydrogens (primary N) is 3. The van der Waals surface area contributed by atoms with Gasteiger partial charge in [0.2, 0.25) is 21.8 Å². The van der Waals surface area contributed by atoms with E-state index in [1.165, 1.54) is 25.3 Å². The highest BCUT2D eigenvalue weighted by Gasteiger charge is 2.29. The minimum atomic E-state index is -4.20. The summed E-state index contributed by atoms with van der Waals surface area (Å²) >= 11 is 0. The van der Waals surface area contributed by atoms with Gasteiger partial charge in [-0.2, -0.15) is 4.31 Å². The van der Waals surface area contributed by atoms with E-state index in [9.17, 15) is 18.0 Å². The SMILES string of the molecule is COc1ccc(S(=O)(=O)N(CC(N)=O)CC(N)=O)c(N)c1. The third-order valence-corrected chi connectivity index (χ3v) is 4.36. The van der Waals surface area contributed by atoms with Crippen LogP contribution < -0.4 is 21.9 Å². The number of benzene rings is 1. The van der Waals surface area contributed by atoms with Crippen molar-refractivity contribution in [2.75, 3.05) is 25.9 Å². The Morgan fingerprint density at radius 2 is 1.71 bits per heavy atom. The van der Waals surface area contributed by atoms with Crippen LogP contribution in [0.2, 0.25) is 0 Å². The number of sulfonamides is 1. The third-order valence-electron chi connectivity index (χ3n) is 2.50. The van der Waals surface area contributed by atoms with Crippen LogP contribution in [-0.4, -0.2) is 44.7 Å². The minimum Gasteiger partial charge on any atom is -0.497 e. The van der Waals surface area contributed by atoms with Crippen LogP contribution in [0.3, 0.4) is 0 Å². The molecule has 6 N–H and O–H groups in total. The largest absolute Gasteiger partial charge is 0.497 e. The average Bonchev–Trinajstić information content (AvgIpc) is 2.36. The Hall–Kier alpha value is -2.33. The minimum absolute atomic E-state index is 0.0895. The van der Waals surface area contributed by atoms with Crippen LogP contribution in [-0.2, 0) is 19.6 Å². The van der Waals surface area contributed by atoms with Gasteiger partial charge in [0.15, 0.2) is 0 Å². The fraction of sp³-hybridized carbons (Fsp3) is 0.273. The molecule has 0 saturated carbocycles. The Morgan fingerprint density at radius 3 is 2.10 bits per heavy atom. The van der Waals surface area contributed by atoms with E-state index in [2.05, 4.69) is 0 Å². The van der Waals surface area contributed by atoms with E-state index in [0.29, 0.717) is 10.1 Å². The molecule has 0 fully saturated rings. The van der Waals surface area contributed by atoms with Crippen LogP contribution >= 0.6 is 0 Å². The molecular formula is C11H16N4O5S. The first-order valence-corrected chi connectivity index (χ1v) is 7.12. The van der Waals surface area contributed by atoms with Crippen molar-refractivity contribution in [1.82, 2.24) is 4.31 Å². The lowest BCUT2D eigenvalue weighted by Gasteiger charge is -2.20. The summed E-state index contributed by atoms with van der Waals surface area (Å²) in [5.41, 5.74) is 15.5. The second-order valence-electron chi connectivity index (χ2n) is 4.11. The highest BCUT2D eigenvalue weighted by Crippen LogP contribution is 2.26. The number of nitrogens with zero attached hydrogens (tertiary/aromatic N) is 1. The molecule has 2 amide bonds. The zero-order valence-electron chi connectivity index (χ0n) is 11.3. The molecule has 1 rings (SSSR count). The maximum atomic E-state index is 12.4. The second kappa shape index (κ2) is 6.41. The van der Waals surface area contributed by atoms with E-state index in [0.717, 1.165) is 0 Å². The van der Waals surface area contributed by atoms with Crippen molar-refractivity contribution in [2.24, 2.45) is 11.5 Å². The van der Waals surface area contributed by atoms with E-state index in [1.807, 2.05) is 0 Å². The highest BCUT2D eigenvalue weighted by atomic mass is 32.2. The van der Waals surface area contributed by atoms with Gasteiger partial charge in [-0.1, -0.05) is 0 Å². The molecule has 0 saturated heterocycles. The predicted octanol–water partition coefficient (Wildman–Crippen LogP) is -1.76. The van der Waals surface area contributed by atoms with E-state index >= 15 is 0 Å². The molecule has 1 aromatic carbocycles. The summed E-state index contributed by atoms with van der Waals surface area (Å²) < 4.78 is 30.3. The summed E-state index contributed by atoms with van der Waals surface area (Å²) in [5.74, 6) is -1.48. The number of hydrogen-bond donors (Lipinski definition) is 3. The van der Waals surface area contributed by atoms with E-state index in [-0.39, 0.29) is 10.6 Å². The number of rotatable bonds is 7. The number of carbonyl (C=O) groups excluding carboxylic acids is 2. The van der Waals surface area contributed by atoms with Gasteiger partial charge in [0, 0.05) is 6.07 Å². The van der Waals surface area contributed by atoms with Gasteiger partial charge >= 0.3 is 0 Å². The standard InChI is InChI=1S/C11H16N4O5S/c1-20-7-2-3-9(8(12)4-7)21(18,19)15(5-10(13)16)6-11(14)17/h2-4H,5-6,12H2,1H3,(H2,13,16)(H2,14,17). The van der Waals surface area contributed by atoms with Gasteiger partial charge in [0.1, 0.15) is 10.6 Å². The molecule has 0 aliphatic rings. The summed E-state index contributed by atoms with van der Waals surface area (Å²) in [5, 5.41) is 0.